The van der Waals surface area contributed by atoms with E-state index in [2.05, 4.69) is 48.5 Å². The summed E-state index contributed by atoms with van der Waals surface area (Å²) >= 11 is 0. The molecule has 0 bridgehead atoms. The lowest BCUT2D eigenvalue weighted by atomic mass is 9.99. The molecule has 0 aromatic rings. The molecular weight excluding hydrogens is 1400 g/mol. The number of aliphatic hydroxyl groups is 1. The van der Waals surface area contributed by atoms with Crippen LogP contribution in [0.4, 0.5) is 0 Å². The second kappa shape index (κ2) is 78.9. The van der Waals surface area contributed by atoms with E-state index in [9.17, 15) is 43.2 Å². The van der Waals surface area contributed by atoms with Crippen LogP contribution in [-0.2, 0) is 65.4 Å². The van der Waals surface area contributed by atoms with Crippen molar-refractivity contribution in [2.45, 2.75) is 491 Å². The Hall–Kier alpha value is -1.94. The second-order valence-corrected chi connectivity index (χ2v) is 35.9. The summed E-state index contributed by atoms with van der Waals surface area (Å²) in [5, 5.41) is 10.7. The quantitative estimate of drug-likeness (QED) is 0.0222. The molecule has 0 radical (unpaired) electrons. The van der Waals surface area contributed by atoms with Crippen molar-refractivity contribution in [1.82, 2.24) is 0 Å². The number of hydrogen-bond donors (Lipinski definition) is 3. The van der Waals surface area contributed by atoms with Gasteiger partial charge in [-0.05, 0) is 43.4 Å². The minimum atomic E-state index is -4.97. The Kier molecular flexibility index (Phi) is 77.5. The first-order chi connectivity index (χ1) is 52.3. The molecule has 0 spiro atoms. The maximum atomic E-state index is 13.2. The Morgan fingerprint density at radius 2 is 0.472 bits per heavy atom. The Morgan fingerprint density at radius 1 is 0.269 bits per heavy atom. The lowest BCUT2D eigenvalue weighted by Crippen LogP contribution is -2.30. The number of aliphatic hydroxyl groups excluding tert-OH is 1. The van der Waals surface area contributed by atoms with Crippen LogP contribution in [0.5, 0.6) is 0 Å². The normalized spacial score (nSPS) is 14.3. The van der Waals surface area contributed by atoms with E-state index in [1.54, 1.807) is 0 Å². The molecule has 7 atom stereocenters. The van der Waals surface area contributed by atoms with Crippen molar-refractivity contribution in [3.63, 3.8) is 0 Å². The molecule has 0 aliphatic rings. The van der Waals surface area contributed by atoms with E-state index < -0.39 is 97.5 Å². The third kappa shape index (κ3) is 79.3. The number of carbonyl (C=O) groups excluding carboxylic acids is 4. The first-order valence-corrected chi connectivity index (χ1v) is 48.9. The van der Waals surface area contributed by atoms with Crippen LogP contribution in [0.3, 0.4) is 0 Å². The van der Waals surface area contributed by atoms with E-state index in [1.807, 2.05) is 0 Å². The second-order valence-electron chi connectivity index (χ2n) is 32.9. The van der Waals surface area contributed by atoms with Gasteiger partial charge in [0.15, 0.2) is 12.2 Å². The van der Waals surface area contributed by atoms with Gasteiger partial charge < -0.3 is 33.8 Å². The number of phosphoric ester groups is 2. The summed E-state index contributed by atoms with van der Waals surface area (Å²) in [5.74, 6) is 0.417. The summed E-state index contributed by atoms with van der Waals surface area (Å²) in [6, 6.07) is 0. The highest BCUT2D eigenvalue weighted by molar-refractivity contribution is 7.47. The molecule has 0 saturated carbocycles. The van der Waals surface area contributed by atoms with Gasteiger partial charge in [-0.1, -0.05) is 421 Å². The number of phosphoric acid groups is 2. The van der Waals surface area contributed by atoms with Crippen LogP contribution < -0.4 is 0 Å². The van der Waals surface area contributed by atoms with Gasteiger partial charge in [0.05, 0.1) is 26.4 Å². The standard InChI is InChI=1S/C89H174O17P2/c1-8-11-12-13-14-15-32-42-49-56-63-70-86(91)99-76-84(105-89(94)73-66-59-52-45-38-31-25-23-28-35-41-48-55-62-69-82(7)10-3)78-103-107(95,96)101-74-83(90)75-102-108(97,98)104-79-85(77-100-87(92)71-64-57-50-43-36-29-24-22-27-34-40-47-54-61-68-81(6)9-2)106-88(93)72-65-58-51-44-37-30-21-19-17-16-18-20-26-33-39-46-53-60-67-80(4)5/h80-85,90H,8-79H2,1-7H3,(H,95,96)(H,97,98)/t81?,82?,83-,84+,85+/m0/s1. The van der Waals surface area contributed by atoms with E-state index in [0.29, 0.717) is 25.7 Å². The molecule has 0 fully saturated rings. The number of esters is 4. The third-order valence-electron chi connectivity index (χ3n) is 21.6. The van der Waals surface area contributed by atoms with E-state index in [1.165, 1.54) is 283 Å². The van der Waals surface area contributed by atoms with E-state index >= 15 is 0 Å². The molecule has 0 aliphatic carbocycles. The monoisotopic (exact) mass is 1580 g/mol. The van der Waals surface area contributed by atoms with Crippen molar-refractivity contribution in [1.29, 1.82) is 0 Å². The molecule has 4 unspecified atom stereocenters. The predicted molar refractivity (Wildman–Crippen MR) is 446 cm³/mol. The molecule has 108 heavy (non-hydrogen) atoms. The molecule has 0 aliphatic heterocycles. The van der Waals surface area contributed by atoms with Crippen LogP contribution in [0.25, 0.3) is 0 Å². The van der Waals surface area contributed by atoms with Crippen molar-refractivity contribution in [3.05, 3.63) is 0 Å². The lowest BCUT2D eigenvalue weighted by molar-refractivity contribution is -0.161. The Bertz CT molecular complexity index is 2080. The zero-order valence-electron chi connectivity index (χ0n) is 71.3. The van der Waals surface area contributed by atoms with Gasteiger partial charge in [-0.2, -0.15) is 0 Å². The van der Waals surface area contributed by atoms with Crippen LogP contribution >= 0.6 is 15.6 Å². The van der Waals surface area contributed by atoms with Crippen LogP contribution in [0, 0.1) is 17.8 Å². The van der Waals surface area contributed by atoms with E-state index in [0.717, 1.165) is 108 Å². The summed E-state index contributed by atoms with van der Waals surface area (Å²) in [4.78, 5) is 73.3. The summed E-state index contributed by atoms with van der Waals surface area (Å²) in [6.45, 7) is 12.1. The zero-order valence-corrected chi connectivity index (χ0v) is 73.1. The van der Waals surface area contributed by atoms with Gasteiger partial charge in [0.1, 0.15) is 19.3 Å². The van der Waals surface area contributed by atoms with Crippen molar-refractivity contribution in [2.75, 3.05) is 39.6 Å². The number of rotatable bonds is 87. The third-order valence-corrected chi connectivity index (χ3v) is 23.5. The maximum absolute atomic E-state index is 13.2. The first kappa shape index (κ1) is 106. The van der Waals surface area contributed by atoms with Gasteiger partial charge in [0, 0.05) is 25.7 Å². The largest absolute Gasteiger partial charge is 0.472 e. The zero-order chi connectivity index (χ0) is 79.3. The molecule has 0 heterocycles. The van der Waals surface area contributed by atoms with Gasteiger partial charge in [-0.3, -0.25) is 37.3 Å². The number of unbranched alkanes of at least 4 members (excludes halogenated alkanes) is 53. The minimum absolute atomic E-state index is 0.108. The SMILES string of the molecule is CCCCCCCCCCCCCC(=O)OC[C@H](COP(=O)(O)OC[C@H](O)COP(=O)(O)OC[C@@H](COC(=O)CCCCCCCCCCCCCCCCC(C)CC)OC(=O)CCCCCCCCCCCCCCCCCCCCC(C)C)OC(=O)CCCCCCCCCCCCCCCCC(C)CC. The molecule has 0 aromatic heterocycles. The molecular formula is C89H174O17P2. The van der Waals surface area contributed by atoms with Gasteiger partial charge in [-0.25, -0.2) is 9.13 Å². The summed E-state index contributed by atoms with van der Waals surface area (Å²) in [5.41, 5.74) is 0. The van der Waals surface area contributed by atoms with Gasteiger partial charge in [0.2, 0.25) is 0 Å². The summed E-state index contributed by atoms with van der Waals surface area (Å²) in [6.07, 6.45) is 70.6. The highest BCUT2D eigenvalue weighted by Crippen LogP contribution is 2.45. The molecule has 0 aromatic carbocycles. The molecule has 642 valence electrons. The van der Waals surface area contributed by atoms with Crippen molar-refractivity contribution < 1.29 is 80.2 Å². The fourth-order valence-electron chi connectivity index (χ4n) is 13.8. The molecule has 17 nitrogen and oxygen atoms in total. The number of carbonyl (C=O) groups is 4. The molecule has 19 heteroatoms. The van der Waals surface area contributed by atoms with Crippen molar-refractivity contribution in [2.24, 2.45) is 17.8 Å². The Morgan fingerprint density at radius 3 is 0.704 bits per heavy atom. The topological polar surface area (TPSA) is 237 Å². The number of ether oxygens (including phenoxy) is 4. The maximum Gasteiger partial charge on any atom is 0.472 e. The first-order valence-electron chi connectivity index (χ1n) is 45.9. The van der Waals surface area contributed by atoms with Crippen LogP contribution in [0.1, 0.15) is 472 Å². The van der Waals surface area contributed by atoms with E-state index in [-0.39, 0.29) is 25.7 Å². The van der Waals surface area contributed by atoms with E-state index in [4.69, 9.17) is 37.0 Å². The highest BCUT2D eigenvalue weighted by atomic mass is 31.2. The van der Waals surface area contributed by atoms with Gasteiger partial charge in [-0.15, -0.1) is 0 Å². The van der Waals surface area contributed by atoms with Gasteiger partial charge >= 0.3 is 39.5 Å². The predicted octanol–water partition coefficient (Wildman–Crippen LogP) is 27.3. The average Bonchev–Trinajstić information content (AvgIpc) is 0.900. The average molecular weight is 1580 g/mol. The summed E-state index contributed by atoms with van der Waals surface area (Å²) in [7, 11) is -9.93. The minimum Gasteiger partial charge on any atom is -0.462 e. The fraction of sp³-hybridized carbons (Fsp3) is 0.955. The molecule has 0 amide bonds. The Labute approximate surface area is 664 Å². The van der Waals surface area contributed by atoms with Crippen LogP contribution in [0.15, 0.2) is 0 Å². The van der Waals surface area contributed by atoms with Crippen LogP contribution in [0.2, 0.25) is 0 Å². The molecule has 0 saturated heterocycles. The smallest absolute Gasteiger partial charge is 0.462 e. The van der Waals surface area contributed by atoms with Gasteiger partial charge in [0.25, 0.3) is 0 Å². The van der Waals surface area contributed by atoms with Crippen LogP contribution in [-0.4, -0.2) is 96.7 Å². The number of hydrogen-bond acceptors (Lipinski definition) is 15. The van der Waals surface area contributed by atoms with Crippen molar-refractivity contribution >= 4 is 39.5 Å². The summed E-state index contributed by atoms with van der Waals surface area (Å²) < 4.78 is 69.0. The lowest BCUT2D eigenvalue weighted by Gasteiger charge is -2.21. The highest BCUT2D eigenvalue weighted by Gasteiger charge is 2.31. The van der Waals surface area contributed by atoms with Crippen molar-refractivity contribution in [3.8, 4) is 0 Å². The Balaban J connectivity index is 5.25. The fourth-order valence-corrected chi connectivity index (χ4v) is 15.4. The molecule has 3 N–H and O–H groups in total. The molecule has 0 rings (SSSR count).